The summed E-state index contributed by atoms with van der Waals surface area (Å²) >= 11 is 1.54. The van der Waals surface area contributed by atoms with Gasteiger partial charge in [-0.05, 0) is 36.2 Å². The first-order valence-corrected chi connectivity index (χ1v) is 12.0. The van der Waals surface area contributed by atoms with Crippen molar-refractivity contribution in [2.75, 3.05) is 12.3 Å². The maximum Gasteiger partial charge on any atom is 0.243 e. The smallest absolute Gasteiger partial charge is 0.243 e. The summed E-state index contributed by atoms with van der Waals surface area (Å²) in [6, 6.07) is 17.3. The molecule has 2 aromatic rings. The topological polar surface area (TPSA) is 67.4 Å². The van der Waals surface area contributed by atoms with Crippen molar-refractivity contribution in [2.45, 2.75) is 63.5 Å². The summed E-state index contributed by atoms with van der Waals surface area (Å²) in [5.41, 5.74) is 1.12. The molecule has 1 unspecified atom stereocenters. The Hall–Kier alpha value is -2.47. The number of thioether (sulfide) groups is 1. The van der Waals surface area contributed by atoms with Crippen molar-refractivity contribution in [3.8, 4) is 5.75 Å². The molecule has 1 atom stereocenters. The Bertz CT molecular complexity index is 781. The van der Waals surface area contributed by atoms with E-state index in [1.165, 1.54) is 26.2 Å². The predicted octanol–water partition coefficient (Wildman–Crippen LogP) is 4.95. The molecule has 5 nitrogen and oxygen atoms in total. The van der Waals surface area contributed by atoms with Crippen molar-refractivity contribution in [1.82, 2.24) is 10.6 Å². The fraction of sp³-hybridized carbons (Fsp3) is 0.440. The summed E-state index contributed by atoms with van der Waals surface area (Å²) in [5, 5.41) is 5.72. The summed E-state index contributed by atoms with van der Waals surface area (Å²) in [6.07, 6.45) is 5.72. The van der Waals surface area contributed by atoms with Crippen LogP contribution in [0.15, 0.2) is 59.5 Å². The Balaban J connectivity index is 1.78. The van der Waals surface area contributed by atoms with Crippen LogP contribution in [0.5, 0.6) is 5.75 Å². The normalized spacial score (nSPS) is 11.5. The molecular weight excluding hydrogens is 408 g/mol. The van der Waals surface area contributed by atoms with Gasteiger partial charge in [0.05, 0.1) is 0 Å². The van der Waals surface area contributed by atoms with Gasteiger partial charge in [0.2, 0.25) is 11.8 Å². The van der Waals surface area contributed by atoms with Gasteiger partial charge in [0.25, 0.3) is 0 Å². The molecule has 0 heterocycles. The van der Waals surface area contributed by atoms with Crippen molar-refractivity contribution < 1.29 is 14.3 Å². The lowest BCUT2D eigenvalue weighted by atomic mass is 10.1. The van der Waals surface area contributed by atoms with Crippen LogP contribution in [-0.2, 0) is 16.2 Å². The second kappa shape index (κ2) is 14.5. The number of nitrogens with one attached hydrogen (secondary N) is 2. The molecule has 2 N–H and O–H groups in total. The number of unbranched alkanes of at least 4 members (excludes halogenated alkanes) is 4. The lowest BCUT2D eigenvalue weighted by Gasteiger charge is -2.17. The Morgan fingerprint density at radius 1 is 0.968 bits per heavy atom. The zero-order valence-electron chi connectivity index (χ0n) is 18.6. The van der Waals surface area contributed by atoms with Gasteiger partial charge >= 0.3 is 0 Å². The number of amides is 2. The highest BCUT2D eigenvalue weighted by atomic mass is 32.2. The highest BCUT2D eigenvalue weighted by molar-refractivity contribution is 7.99. The zero-order valence-corrected chi connectivity index (χ0v) is 19.4. The molecule has 2 amide bonds. The standard InChI is InChI=1S/C25H34N2O3S/c1-3-4-5-6-10-17-26-25(29)24(27-20(2)28)19-31-23-15-13-22(14-16-23)30-18-21-11-8-7-9-12-21/h7-9,11-16,24H,3-6,10,17-19H2,1-2H3,(H,26,29)(H,27,28). The number of rotatable bonds is 14. The van der Waals surface area contributed by atoms with Crippen LogP contribution in [-0.4, -0.2) is 30.2 Å². The van der Waals surface area contributed by atoms with E-state index in [9.17, 15) is 9.59 Å². The maximum absolute atomic E-state index is 12.5. The van der Waals surface area contributed by atoms with E-state index in [4.69, 9.17) is 4.74 Å². The largest absolute Gasteiger partial charge is 0.489 e. The summed E-state index contributed by atoms with van der Waals surface area (Å²) < 4.78 is 5.81. The molecule has 0 fully saturated rings. The number of hydrogen-bond donors (Lipinski definition) is 2. The first kappa shape index (κ1) is 24.8. The number of hydrogen-bond acceptors (Lipinski definition) is 4. The van der Waals surface area contributed by atoms with Gasteiger partial charge in [-0.1, -0.05) is 62.9 Å². The molecule has 0 saturated heterocycles. The van der Waals surface area contributed by atoms with Crippen molar-refractivity contribution in [3.63, 3.8) is 0 Å². The van der Waals surface area contributed by atoms with Crippen LogP contribution >= 0.6 is 11.8 Å². The molecule has 0 saturated carbocycles. The van der Waals surface area contributed by atoms with Crippen LogP contribution in [0.25, 0.3) is 0 Å². The monoisotopic (exact) mass is 442 g/mol. The van der Waals surface area contributed by atoms with Gasteiger partial charge in [-0.3, -0.25) is 9.59 Å². The number of carbonyl (C=O) groups excluding carboxylic acids is 2. The van der Waals surface area contributed by atoms with E-state index < -0.39 is 6.04 Å². The second-order valence-corrected chi connectivity index (χ2v) is 8.61. The van der Waals surface area contributed by atoms with Crippen LogP contribution in [0, 0.1) is 0 Å². The Morgan fingerprint density at radius 2 is 1.68 bits per heavy atom. The fourth-order valence-electron chi connectivity index (χ4n) is 3.04. The third-order valence-electron chi connectivity index (χ3n) is 4.76. The van der Waals surface area contributed by atoms with Gasteiger partial charge < -0.3 is 15.4 Å². The molecule has 31 heavy (non-hydrogen) atoms. The molecule has 168 valence electrons. The van der Waals surface area contributed by atoms with Crippen LogP contribution in [0.3, 0.4) is 0 Å². The number of benzene rings is 2. The van der Waals surface area contributed by atoms with E-state index in [1.54, 1.807) is 11.8 Å². The molecule has 2 rings (SSSR count). The molecule has 0 aliphatic carbocycles. The third kappa shape index (κ3) is 10.4. The average Bonchev–Trinajstić information content (AvgIpc) is 2.78. The molecule has 0 aliphatic rings. The third-order valence-corrected chi connectivity index (χ3v) is 5.87. The van der Waals surface area contributed by atoms with E-state index in [2.05, 4.69) is 17.6 Å². The van der Waals surface area contributed by atoms with Crippen molar-refractivity contribution in [3.05, 3.63) is 60.2 Å². The first-order valence-electron chi connectivity index (χ1n) is 11.0. The van der Waals surface area contributed by atoms with Crippen LogP contribution in [0.4, 0.5) is 0 Å². The van der Waals surface area contributed by atoms with Gasteiger partial charge in [-0.25, -0.2) is 0 Å². The lowest BCUT2D eigenvalue weighted by molar-refractivity contribution is -0.127. The van der Waals surface area contributed by atoms with Crippen LogP contribution < -0.4 is 15.4 Å². The van der Waals surface area contributed by atoms with E-state index in [1.807, 2.05) is 54.6 Å². The maximum atomic E-state index is 12.5. The Morgan fingerprint density at radius 3 is 2.35 bits per heavy atom. The van der Waals surface area contributed by atoms with Crippen LogP contribution in [0.2, 0.25) is 0 Å². The highest BCUT2D eigenvalue weighted by Crippen LogP contribution is 2.23. The predicted molar refractivity (Wildman–Crippen MR) is 127 cm³/mol. The molecule has 2 aromatic carbocycles. The van der Waals surface area contributed by atoms with E-state index in [0.29, 0.717) is 18.9 Å². The summed E-state index contributed by atoms with van der Waals surface area (Å²) in [6.45, 7) is 4.80. The minimum Gasteiger partial charge on any atom is -0.489 e. The van der Waals surface area contributed by atoms with Crippen molar-refractivity contribution in [2.24, 2.45) is 0 Å². The number of carbonyl (C=O) groups is 2. The van der Waals surface area contributed by atoms with Gasteiger partial charge in [-0.15, -0.1) is 11.8 Å². The Labute approximate surface area is 190 Å². The quantitative estimate of drug-likeness (QED) is 0.321. The number of ether oxygens (including phenoxy) is 1. The van der Waals surface area contributed by atoms with Crippen molar-refractivity contribution >= 4 is 23.6 Å². The summed E-state index contributed by atoms with van der Waals surface area (Å²) in [4.78, 5) is 25.1. The Kier molecular flexibility index (Phi) is 11.6. The van der Waals surface area contributed by atoms with E-state index in [0.717, 1.165) is 29.1 Å². The molecule has 0 aliphatic heterocycles. The average molecular weight is 443 g/mol. The first-order chi connectivity index (χ1) is 15.1. The van der Waals surface area contributed by atoms with Crippen molar-refractivity contribution in [1.29, 1.82) is 0 Å². The second-order valence-electron chi connectivity index (χ2n) is 7.52. The van der Waals surface area contributed by atoms with Gasteiger partial charge in [0.1, 0.15) is 18.4 Å². The molecular formula is C25H34N2O3S. The molecule has 0 spiro atoms. The van der Waals surface area contributed by atoms with E-state index in [-0.39, 0.29) is 11.8 Å². The van der Waals surface area contributed by atoms with Gasteiger partial charge in [0, 0.05) is 24.1 Å². The zero-order chi connectivity index (χ0) is 22.3. The lowest BCUT2D eigenvalue weighted by Crippen LogP contribution is -2.47. The molecule has 0 aromatic heterocycles. The minimum atomic E-state index is -0.549. The van der Waals surface area contributed by atoms with Gasteiger partial charge in [-0.2, -0.15) is 0 Å². The fourth-order valence-corrected chi connectivity index (χ4v) is 3.97. The summed E-state index contributed by atoms with van der Waals surface area (Å²) in [5.74, 6) is 0.952. The van der Waals surface area contributed by atoms with E-state index >= 15 is 0 Å². The highest BCUT2D eigenvalue weighted by Gasteiger charge is 2.19. The molecule has 0 bridgehead atoms. The molecule has 0 radical (unpaired) electrons. The van der Waals surface area contributed by atoms with Crippen LogP contribution in [0.1, 0.15) is 51.5 Å². The minimum absolute atomic E-state index is 0.124. The van der Waals surface area contributed by atoms with Gasteiger partial charge in [0.15, 0.2) is 0 Å². The SMILES string of the molecule is CCCCCCCNC(=O)C(CSc1ccc(OCc2ccccc2)cc1)NC(C)=O. The molecule has 6 heteroatoms. The summed E-state index contributed by atoms with van der Waals surface area (Å²) in [7, 11) is 0.